The lowest BCUT2D eigenvalue weighted by molar-refractivity contribution is -0.122. The predicted molar refractivity (Wildman–Crippen MR) is 111 cm³/mol. The molecule has 1 amide bonds. The van der Waals surface area contributed by atoms with E-state index >= 15 is 0 Å². The number of ether oxygens (including phenoxy) is 2. The van der Waals surface area contributed by atoms with Crippen molar-refractivity contribution in [2.75, 3.05) is 56.2 Å². The maximum absolute atomic E-state index is 12.2. The van der Waals surface area contributed by atoms with Gasteiger partial charge in [-0.2, -0.15) is 0 Å². The van der Waals surface area contributed by atoms with E-state index in [9.17, 15) is 4.79 Å². The average Bonchev–Trinajstić information content (AvgIpc) is 2.68. The summed E-state index contributed by atoms with van der Waals surface area (Å²) in [6.07, 6.45) is 2.16. The van der Waals surface area contributed by atoms with Crippen molar-refractivity contribution in [3.8, 4) is 5.75 Å². The first-order chi connectivity index (χ1) is 13.1. The molecule has 1 fully saturated rings. The molecule has 0 unspecified atom stereocenters. The SMILES string of the molecule is CCCN1CCN(c2ccc(NC(=O)CO[C@@H](C)CC)c(OCC)c2)CC1. The number of nitrogens with zero attached hydrogens (tertiary/aromatic N) is 2. The lowest BCUT2D eigenvalue weighted by atomic mass is 10.2. The summed E-state index contributed by atoms with van der Waals surface area (Å²) < 4.78 is 11.3. The number of rotatable bonds is 10. The van der Waals surface area contributed by atoms with Gasteiger partial charge in [0.2, 0.25) is 5.91 Å². The molecule has 1 aliphatic heterocycles. The Balaban J connectivity index is 2.00. The van der Waals surface area contributed by atoms with Crippen LogP contribution in [0.1, 0.15) is 40.5 Å². The maximum atomic E-state index is 12.2. The summed E-state index contributed by atoms with van der Waals surface area (Å²) in [5.74, 6) is 0.556. The fourth-order valence-electron chi connectivity index (χ4n) is 3.15. The highest BCUT2D eigenvalue weighted by molar-refractivity contribution is 5.93. The highest BCUT2D eigenvalue weighted by Gasteiger charge is 2.18. The molecule has 0 saturated carbocycles. The number of nitrogens with one attached hydrogen (secondary N) is 1. The van der Waals surface area contributed by atoms with Crippen molar-refractivity contribution in [3.63, 3.8) is 0 Å². The van der Waals surface area contributed by atoms with Crippen LogP contribution >= 0.6 is 0 Å². The van der Waals surface area contributed by atoms with Crippen molar-refractivity contribution < 1.29 is 14.3 Å². The van der Waals surface area contributed by atoms with Crippen molar-refractivity contribution >= 4 is 17.3 Å². The second kappa shape index (κ2) is 11.1. The van der Waals surface area contributed by atoms with E-state index in [4.69, 9.17) is 9.47 Å². The Bertz CT molecular complexity index is 586. The lowest BCUT2D eigenvalue weighted by Gasteiger charge is -2.36. The molecule has 1 heterocycles. The van der Waals surface area contributed by atoms with Crippen molar-refractivity contribution in [2.24, 2.45) is 0 Å². The number of benzene rings is 1. The Morgan fingerprint density at radius 3 is 2.56 bits per heavy atom. The van der Waals surface area contributed by atoms with Gasteiger partial charge in [0, 0.05) is 37.9 Å². The van der Waals surface area contributed by atoms with Gasteiger partial charge < -0.3 is 19.7 Å². The van der Waals surface area contributed by atoms with Crippen LogP contribution in [0.25, 0.3) is 0 Å². The lowest BCUT2D eigenvalue weighted by Crippen LogP contribution is -2.46. The molecule has 1 N–H and O–H groups in total. The van der Waals surface area contributed by atoms with E-state index in [-0.39, 0.29) is 18.6 Å². The summed E-state index contributed by atoms with van der Waals surface area (Å²) in [6, 6.07) is 6.02. The van der Waals surface area contributed by atoms with Gasteiger partial charge in [-0.1, -0.05) is 13.8 Å². The Hall–Kier alpha value is -1.79. The molecular formula is C21H35N3O3. The van der Waals surface area contributed by atoms with Crippen LogP contribution in [0.3, 0.4) is 0 Å². The monoisotopic (exact) mass is 377 g/mol. The second-order valence-corrected chi connectivity index (χ2v) is 7.02. The summed E-state index contributed by atoms with van der Waals surface area (Å²) in [5.41, 5.74) is 1.84. The van der Waals surface area contributed by atoms with Gasteiger partial charge in [0.1, 0.15) is 12.4 Å². The molecule has 2 rings (SSSR count). The van der Waals surface area contributed by atoms with Crippen molar-refractivity contribution in [1.29, 1.82) is 0 Å². The molecule has 152 valence electrons. The number of carbonyl (C=O) groups excluding carboxylic acids is 1. The maximum Gasteiger partial charge on any atom is 0.250 e. The largest absolute Gasteiger partial charge is 0.492 e. The molecule has 1 atom stereocenters. The molecule has 0 bridgehead atoms. The van der Waals surface area contributed by atoms with E-state index in [1.54, 1.807) is 0 Å². The van der Waals surface area contributed by atoms with Gasteiger partial charge in [-0.25, -0.2) is 0 Å². The van der Waals surface area contributed by atoms with Crippen LogP contribution in [0, 0.1) is 0 Å². The molecule has 1 aliphatic rings. The number of amides is 1. The number of hydrogen-bond acceptors (Lipinski definition) is 5. The predicted octanol–water partition coefficient (Wildman–Crippen LogP) is 3.37. The Kier molecular flexibility index (Phi) is 8.88. The van der Waals surface area contributed by atoms with Crippen LogP contribution in [0.5, 0.6) is 5.75 Å². The zero-order valence-corrected chi connectivity index (χ0v) is 17.3. The van der Waals surface area contributed by atoms with Gasteiger partial charge >= 0.3 is 0 Å². The highest BCUT2D eigenvalue weighted by Crippen LogP contribution is 2.30. The van der Waals surface area contributed by atoms with Gasteiger partial charge in [0.05, 0.1) is 18.4 Å². The molecule has 1 aromatic carbocycles. The van der Waals surface area contributed by atoms with Gasteiger partial charge in [-0.05, 0) is 45.4 Å². The normalized spacial score (nSPS) is 16.2. The molecule has 1 aromatic rings. The van der Waals surface area contributed by atoms with Gasteiger partial charge in [0.15, 0.2) is 0 Å². The molecule has 0 radical (unpaired) electrons. The second-order valence-electron chi connectivity index (χ2n) is 7.02. The Morgan fingerprint density at radius 2 is 1.93 bits per heavy atom. The number of piperazine rings is 1. The van der Waals surface area contributed by atoms with Crippen molar-refractivity contribution in [1.82, 2.24) is 4.90 Å². The third-order valence-electron chi connectivity index (χ3n) is 4.89. The zero-order chi connectivity index (χ0) is 19.6. The molecule has 6 nitrogen and oxygen atoms in total. The summed E-state index contributed by atoms with van der Waals surface area (Å²) in [4.78, 5) is 17.1. The number of hydrogen-bond donors (Lipinski definition) is 1. The van der Waals surface area contributed by atoms with Gasteiger partial charge in [-0.15, -0.1) is 0 Å². The zero-order valence-electron chi connectivity index (χ0n) is 17.3. The first kappa shape index (κ1) is 21.5. The number of anilines is 2. The molecule has 6 heteroatoms. The molecule has 0 aliphatic carbocycles. The van der Waals surface area contributed by atoms with Gasteiger partial charge in [-0.3, -0.25) is 9.69 Å². The Morgan fingerprint density at radius 1 is 1.19 bits per heavy atom. The fourth-order valence-corrected chi connectivity index (χ4v) is 3.15. The van der Waals surface area contributed by atoms with Crippen molar-refractivity contribution in [3.05, 3.63) is 18.2 Å². The first-order valence-electron chi connectivity index (χ1n) is 10.2. The van der Waals surface area contributed by atoms with E-state index in [0.717, 1.165) is 38.3 Å². The Labute approximate surface area is 163 Å². The van der Waals surface area contributed by atoms with E-state index < -0.39 is 0 Å². The smallest absolute Gasteiger partial charge is 0.250 e. The molecule has 27 heavy (non-hydrogen) atoms. The minimum Gasteiger partial charge on any atom is -0.492 e. The third-order valence-corrected chi connectivity index (χ3v) is 4.89. The average molecular weight is 378 g/mol. The molecule has 0 aromatic heterocycles. The number of carbonyl (C=O) groups is 1. The first-order valence-corrected chi connectivity index (χ1v) is 10.2. The fraction of sp³-hybridized carbons (Fsp3) is 0.667. The van der Waals surface area contributed by atoms with Crippen LogP contribution in [0.15, 0.2) is 18.2 Å². The summed E-state index contributed by atoms with van der Waals surface area (Å²) in [7, 11) is 0. The molecule has 0 spiro atoms. The van der Waals surface area contributed by atoms with E-state index in [1.807, 2.05) is 32.9 Å². The summed E-state index contributed by atoms with van der Waals surface area (Å²) in [6.45, 7) is 14.2. The summed E-state index contributed by atoms with van der Waals surface area (Å²) in [5, 5.41) is 2.91. The minimum atomic E-state index is -0.155. The van der Waals surface area contributed by atoms with Crippen LogP contribution in [0.4, 0.5) is 11.4 Å². The van der Waals surface area contributed by atoms with E-state index in [2.05, 4.69) is 28.1 Å². The van der Waals surface area contributed by atoms with Crippen LogP contribution in [-0.4, -0.2) is 62.8 Å². The van der Waals surface area contributed by atoms with Crippen LogP contribution < -0.4 is 15.0 Å². The van der Waals surface area contributed by atoms with Crippen LogP contribution in [-0.2, 0) is 9.53 Å². The van der Waals surface area contributed by atoms with E-state index in [1.165, 1.54) is 13.0 Å². The minimum absolute atomic E-state index is 0.0573. The highest BCUT2D eigenvalue weighted by atomic mass is 16.5. The quantitative estimate of drug-likeness (QED) is 0.677. The topological polar surface area (TPSA) is 54.0 Å². The standard InChI is InChI=1S/C21H35N3O3/c1-5-10-23-11-13-24(14-12-23)18-8-9-19(20(15-18)26-7-3)22-21(25)16-27-17(4)6-2/h8-9,15,17H,5-7,10-14,16H2,1-4H3,(H,22,25)/t17-/m0/s1. The summed E-state index contributed by atoms with van der Waals surface area (Å²) >= 11 is 0. The van der Waals surface area contributed by atoms with Gasteiger partial charge in [0.25, 0.3) is 0 Å². The molecular weight excluding hydrogens is 342 g/mol. The van der Waals surface area contributed by atoms with Crippen LogP contribution in [0.2, 0.25) is 0 Å². The van der Waals surface area contributed by atoms with Crippen molar-refractivity contribution in [2.45, 2.75) is 46.6 Å². The third kappa shape index (κ3) is 6.70. The van der Waals surface area contributed by atoms with E-state index in [0.29, 0.717) is 18.0 Å². The molecule has 1 saturated heterocycles.